The maximum absolute atomic E-state index is 13.6. The van der Waals surface area contributed by atoms with Crippen molar-refractivity contribution in [3.05, 3.63) is 63.1 Å². The number of hydrogen-bond acceptors (Lipinski definition) is 4. The number of hydrogen-bond donors (Lipinski definition) is 1. The van der Waals surface area contributed by atoms with E-state index in [0.29, 0.717) is 33.4 Å². The first-order chi connectivity index (χ1) is 16.4. The van der Waals surface area contributed by atoms with Gasteiger partial charge < -0.3 is 10.2 Å². The molecule has 10 heteroatoms. The summed E-state index contributed by atoms with van der Waals surface area (Å²) in [4.78, 5) is 27.8. The third-order valence-electron chi connectivity index (χ3n) is 5.70. The smallest absolute Gasteiger partial charge is 0.244 e. The van der Waals surface area contributed by atoms with Crippen molar-refractivity contribution in [1.29, 1.82) is 0 Å². The molecule has 2 aromatic rings. The number of unbranched alkanes of at least 4 members (excludes halogenated alkanes) is 1. The lowest BCUT2D eigenvalue weighted by Gasteiger charge is -2.32. The quantitative estimate of drug-likeness (QED) is 0.417. The van der Waals surface area contributed by atoms with Gasteiger partial charge in [0.2, 0.25) is 21.8 Å². The van der Waals surface area contributed by atoms with Crippen molar-refractivity contribution in [2.45, 2.75) is 53.1 Å². The van der Waals surface area contributed by atoms with Crippen molar-refractivity contribution in [1.82, 2.24) is 10.2 Å². The van der Waals surface area contributed by atoms with Gasteiger partial charge in [0.05, 0.1) is 11.9 Å². The first-order valence-electron chi connectivity index (χ1n) is 11.4. The molecule has 192 valence electrons. The van der Waals surface area contributed by atoms with Gasteiger partial charge in [-0.2, -0.15) is 0 Å². The second-order valence-electron chi connectivity index (χ2n) is 8.60. The highest BCUT2D eigenvalue weighted by Crippen LogP contribution is 2.28. The Bertz CT molecular complexity index is 1150. The van der Waals surface area contributed by atoms with E-state index in [1.165, 1.54) is 4.90 Å². The van der Waals surface area contributed by atoms with Crippen LogP contribution in [0.25, 0.3) is 0 Å². The van der Waals surface area contributed by atoms with Gasteiger partial charge in [-0.1, -0.05) is 54.7 Å². The summed E-state index contributed by atoms with van der Waals surface area (Å²) in [5, 5.41) is 3.54. The van der Waals surface area contributed by atoms with Crippen LogP contribution < -0.4 is 9.62 Å². The summed E-state index contributed by atoms with van der Waals surface area (Å²) < 4.78 is 26.5. The van der Waals surface area contributed by atoms with E-state index in [-0.39, 0.29) is 12.5 Å². The van der Waals surface area contributed by atoms with Crippen LogP contribution in [0.2, 0.25) is 10.0 Å². The lowest BCUT2D eigenvalue weighted by Crippen LogP contribution is -2.51. The molecular formula is C25H33Cl2N3O4S. The van der Waals surface area contributed by atoms with Crippen molar-refractivity contribution in [3.8, 4) is 0 Å². The predicted octanol–water partition coefficient (Wildman–Crippen LogP) is 4.71. The second kappa shape index (κ2) is 12.6. The lowest BCUT2D eigenvalue weighted by atomic mass is 10.1. The Hall–Kier alpha value is -2.29. The molecule has 2 amide bonds. The molecule has 1 unspecified atom stereocenters. The van der Waals surface area contributed by atoms with Crippen molar-refractivity contribution < 1.29 is 18.0 Å². The molecule has 1 N–H and O–H groups in total. The minimum atomic E-state index is -3.81. The molecule has 7 nitrogen and oxygen atoms in total. The molecule has 0 aliphatic heterocycles. The zero-order valence-corrected chi connectivity index (χ0v) is 23.1. The topological polar surface area (TPSA) is 86.8 Å². The molecule has 0 aliphatic rings. The number of carbonyl (C=O) groups excluding carboxylic acids is 2. The summed E-state index contributed by atoms with van der Waals surface area (Å²) in [5.74, 6) is -0.891. The summed E-state index contributed by atoms with van der Waals surface area (Å²) in [5.41, 5.74) is 2.46. The van der Waals surface area contributed by atoms with E-state index in [2.05, 4.69) is 5.32 Å². The summed E-state index contributed by atoms with van der Waals surface area (Å²) in [6.07, 6.45) is 2.77. The van der Waals surface area contributed by atoms with E-state index in [4.69, 9.17) is 23.2 Å². The molecule has 0 aliphatic carbocycles. The van der Waals surface area contributed by atoms with Crippen LogP contribution >= 0.6 is 23.2 Å². The van der Waals surface area contributed by atoms with E-state index in [1.807, 2.05) is 19.9 Å². The lowest BCUT2D eigenvalue weighted by molar-refractivity contribution is -0.139. The largest absolute Gasteiger partial charge is 0.354 e. The molecule has 0 spiro atoms. The molecule has 0 heterocycles. The number of rotatable bonds is 11. The van der Waals surface area contributed by atoms with E-state index in [0.717, 1.165) is 29.0 Å². The third kappa shape index (κ3) is 7.85. The van der Waals surface area contributed by atoms with Crippen LogP contribution in [0.4, 0.5) is 5.69 Å². The van der Waals surface area contributed by atoms with E-state index < -0.39 is 28.5 Å². The Labute approximate surface area is 218 Å². The number of carbonyl (C=O) groups is 2. The Morgan fingerprint density at radius 3 is 2.29 bits per heavy atom. The third-order valence-corrected chi connectivity index (χ3v) is 7.53. The first kappa shape index (κ1) is 28.9. The van der Waals surface area contributed by atoms with E-state index in [9.17, 15) is 18.0 Å². The number of sulfonamides is 1. The number of benzene rings is 2. The fourth-order valence-electron chi connectivity index (χ4n) is 3.56. The highest BCUT2D eigenvalue weighted by molar-refractivity contribution is 7.92. The maximum Gasteiger partial charge on any atom is 0.244 e. The van der Waals surface area contributed by atoms with Crippen LogP contribution in [0.5, 0.6) is 0 Å². The standard InChI is InChI=1S/C25H33Cl2N3O4S/c1-6-7-13-28-25(32)19(4)29(15-20-21(26)9-8-10-22(20)27)24(31)16-30(35(5,33)34)23-14-17(2)11-12-18(23)3/h8-12,14,19H,6-7,13,15-16H2,1-5H3,(H,28,32). The number of aryl methyl sites for hydroxylation is 2. The van der Waals surface area contributed by atoms with Crippen molar-refractivity contribution in [2.75, 3.05) is 23.7 Å². The zero-order chi connectivity index (χ0) is 26.3. The van der Waals surface area contributed by atoms with Gasteiger partial charge in [-0.3, -0.25) is 13.9 Å². The zero-order valence-electron chi connectivity index (χ0n) is 20.8. The van der Waals surface area contributed by atoms with Gasteiger partial charge in [-0.15, -0.1) is 0 Å². The van der Waals surface area contributed by atoms with Gasteiger partial charge >= 0.3 is 0 Å². The number of nitrogens with one attached hydrogen (secondary N) is 1. The summed E-state index contributed by atoms with van der Waals surface area (Å²) in [6.45, 7) is 7.20. The monoisotopic (exact) mass is 541 g/mol. The van der Waals surface area contributed by atoms with Crippen LogP contribution in [0.3, 0.4) is 0 Å². The van der Waals surface area contributed by atoms with Crippen molar-refractivity contribution in [3.63, 3.8) is 0 Å². The predicted molar refractivity (Wildman–Crippen MR) is 142 cm³/mol. The Morgan fingerprint density at radius 2 is 1.71 bits per heavy atom. The SMILES string of the molecule is CCCCNC(=O)C(C)N(Cc1c(Cl)cccc1Cl)C(=O)CN(c1cc(C)ccc1C)S(C)(=O)=O. The van der Waals surface area contributed by atoms with Gasteiger partial charge in [0.1, 0.15) is 12.6 Å². The van der Waals surface area contributed by atoms with E-state index in [1.54, 1.807) is 44.2 Å². The van der Waals surface area contributed by atoms with Crippen LogP contribution in [0.15, 0.2) is 36.4 Å². The first-order valence-corrected chi connectivity index (χ1v) is 14.0. The fraction of sp³-hybridized carbons (Fsp3) is 0.440. The number of anilines is 1. The molecule has 0 aromatic heterocycles. The number of halogens is 2. The molecule has 0 radical (unpaired) electrons. The fourth-order valence-corrected chi connectivity index (χ4v) is 4.97. The molecule has 0 saturated heterocycles. The molecule has 0 fully saturated rings. The second-order valence-corrected chi connectivity index (χ2v) is 11.3. The molecule has 2 aromatic carbocycles. The summed E-state index contributed by atoms with van der Waals surface area (Å²) >= 11 is 12.7. The molecule has 1 atom stereocenters. The Morgan fingerprint density at radius 1 is 1.09 bits per heavy atom. The molecule has 0 bridgehead atoms. The van der Waals surface area contributed by atoms with Gasteiger partial charge in [0.25, 0.3) is 0 Å². The minimum absolute atomic E-state index is 0.0515. The van der Waals surface area contributed by atoms with Crippen molar-refractivity contribution in [2.24, 2.45) is 0 Å². The highest BCUT2D eigenvalue weighted by atomic mass is 35.5. The van der Waals surface area contributed by atoms with Crippen LogP contribution in [0.1, 0.15) is 43.4 Å². The normalized spacial score (nSPS) is 12.2. The summed E-state index contributed by atoms with van der Waals surface area (Å²) in [7, 11) is -3.81. The Balaban J connectivity index is 2.45. The van der Waals surface area contributed by atoms with Gasteiger partial charge in [0, 0.05) is 28.7 Å². The van der Waals surface area contributed by atoms with Crippen LogP contribution in [-0.4, -0.2) is 50.5 Å². The van der Waals surface area contributed by atoms with Gasteiger partial charge in [-0.25, -0.2) is 8.42 Å². The van der Waals surface area contributed by atoms with E-state index >= 15 is 0 Å². The summed E-state index contributed by atoms with van der Waals surface area (Å²) in [6, 6.07) is 9.50. The van der Waals surface area contributed by atoms with Crippen molar-refractivity contribution >= 4 is 50.7 Å². The average Bonchev–Trinajstić information content (AvgIpc) is 2.78. The minimum Gasteiger partial charge on any atom is -0.354 e. The maximum atomic E-state index is 13.6. The molecule has 0 saturated carbocycles. The molecule has 2 rings (SSSR count). The molecular weight excluding hydrogens is 509 g/mol. The van der Waals surface area contributed by atoms with Crippen LogP contribution in [-0.2, 0) is 26.2 Å². The van der Waals surface area contributed by atoms with Gasteiger partial charge in [-0.05, 0) is 56.5 Å². The average molecular weight is 543 g/mol. The number of nitrogens with zero attached hydrogens (tertiary/aromatic N) is 2. The molecule has 35 heavy (non-hydrogen) atoms. The number of amides is 2. The highest BCUT2D eigenvalue weighted by Gasteiger charge is 2.31. The van der Waals surface area contributed by atoms with Gasteiger partial charge in [0.15, 0.2) is 0 Å². The van der Waals surface area contributed by atoms with Crippen LogP contribution in [0, 0.1) is 13.8 Å². The Kier molecular flexibility index (Phi) is 10.4.